The highest BCUT2D eigenvalue weighted by atomic mass is 35.5. The molecule has 2 atom stereocenters. The van der Waals surface area contributed by atoms with E-state index in [0.29, 0.717) is 38.1 Å². The third-order valence-electron chi connectivity index (χ3n) is 8.28. The number of rotatable bonds is 5. The average molecular weight is 573 g/mol. The molecule has 0 saturated carbocycles. The van der Waals surface area contributed by atoms with Gasteiger partial charge in [-0.25, -0.2) is 9.59 Å². The van der Waals surface area contributed by atoms with Gasteiger partial charge < -0.3 is 21.3 Å². The Bertz CT molecular complexity index is 1290. The van der Waals surface area contributed by atoms with E-state index in [9.17, 15) is 14.4 Å². The number of nitrogens with two attached hydrogens (primary N) is 2. The lowest BCUT2D eigenvalue weighted by molar-refractivity contribution is -0.137. The first-order valence-electron chi connectivity index (χ1n) is 13.9. The molecule has 2 saturated heterocycles. The van der Waals surface area contributed by atoms with Gasteiger partial charge in [0, 0.05) is 45.0 Å². The molecule has 11 nitrogen and oxygen atoms in total. The summed E-state index contributed by atoms with van der Waals surface area (Å²) >= 11 is 0. The van der Waals surface area contributed by atoms with E-state index in [4.69, 9.17) is 11.5 Å². The third-order valence-corrected chi connectivity index (χ3v) is 8.28. The number of fused-ring (bicyclic) bond motifs is 1. The molecule has 0 spiro atoms. The fourth-order valence-corrected chi connectivity index (χ4v) is 5.95. The third kappa shape index (κ3) is 6.49. The molecule has 0 radical (unpaired) electrons. The zero-order valence-corrected chi connectivity index (χ0v) is 24.2. The number of anilines is 1. The largest absolute Gasteiger partial charge is 0.354 e. The number of urea groups is 1. The minimum atomic E-state index is -0.943. The van der Waals surface area contributed by atoms with E-state index < -0.39 is 11.2 Å². The Morgan fingerprint density at radius 3 is 2.42 bits per heavy atom. The summed E-state index contributed by atoms with van der Waals surface area (Å²) in [6.07, 6.45) is 5.96. The number of hydrogen-bond acceptors (Lipinski definition) is 7. The quantitative estimate of drug-likeness (QED) is 0.488. The number of aromatic nitrogens is 2. The maximum Gasteiger partial charge on any atom is 0.354 e. The summed E-state index contributed by atoms with van der Waals surface area (Å²) in [5.74, 6) is 0.679. The molecule has 0 bridgehead atoms. The fourth-order valence-electron chi connectivity index (χ4n) is 5.95. The van der Waals surface area contributed by atoms with Crippen molar-refractivity contribution in [3.63, 3.8) is 0 Å². The van der Waals surface area contributed by atoms with Crippen molar-refractivity contribution >= 4 is 30.2 Å². The maximum atomic E-state index is 12.9. The number of carbonyl (C=O) groups excluding carboxylic acids is 2. The van der Waals surface area contributed by atoms with Gasteiger partial charge in [-0.3, -0.25) is 19.6 Å². The molecule has 2 aliphatic heterocycles. The second-order valence-corrected chi connectivity index (χ2v) is 11.6. The SMILES string of the molecule is CC(C)(N)C(=O)N1CCN(C(=O)Nc2ccn(-c3ccc4c(c3)CCC(N3CC[C@H](CN)C3)C4)c(=O)n2)CC1.Cl. The molecule has 5 rings (SSSR count). The first kappa shape index (κ1) is 30.0. The highest BCUT2D eigenvalue weighted by Crippen LogP contribution is 2.29. The van der Waals surface area contributed by atoms with Crippen molar-refractivity contribution in [2.24, 2.45) is 17.4 Å². The van der Waals surface area contributed by atoms with E-state index in [-0.39, 0.29) is 30.2 Å². The predicted octanol–water partition coefficient (Wildman–Crippen LogP) is 1.21. The standard InChI is InChI=1S/C28H40N8O3.ClH/c1-28(2,30)25(37)33-11-13-34(14-12-33)26(38)31-24-8-10-36(27(39)32-24)23-6-4-20-15-22(5-3-21(20)16-23)35-9-7-19(17-29)18-35;/h4,6,8,10,16,19,22H,3,5,7,9,11-15,17-18,29-30H2,1-2H3,(H,31,32,38,39);1H/t19-,22?;/m1./s1. The molecule has 2 aromatic rings. The first-order chi connectivity index (χ1) is 18.6. The predicted molar refractivity (Wildman–Crippen MR) is 157 cm³/mol. The average Bonchev–Trinajstić information content (AvgIpc) is 3.41. The van der Waals surface area contributed by atoms with Gasteiger partial charge in [0.2, 0.25) is 5.91 Å². The van der Waals surface area contributed by atoms with Crippen molar-refractivity contribution in [3.05, 3.63) is 52.1 Å². The second-order valence-electron chi connectivity index (χ2n) is 11.6. The molecule has 1 aromatic heterocycles. The Balaban J connectivity index is 0.00000370. The Hall–Kier alpha value is -2.99. The Morgan fingerprint density at radius 1 is 1.05 bits per heavy atom. The fraction of sp³-hybridized carbons (Fsp3) is 0.571. The van der Waals surface area contributed by atoms with Crippen molar-refractivity contribution < 1.29 is 9.59 Å². The molecule has 3 heterocycles. The van der Waals surface area contributed by atoms with Crippen LogP contribution < -0.4 is 22.5 Å². The lowest BCUT2D eigenvalue weighted by atomic mass is 9.87. The normalized spacial score (nSPS) is 21.5. The van der Waals surface area contributed by atoms with Crippen LogP contribution >= 0.6 is 12.4 Å². The smallest absolute Gasteiger partial charge is 0.338 e. The number of amides is 3. The van der Waals surface area contributed by atoms with Gasteiger partial charge in [-0.1, -0.05) is 6.07 Å². The summed E-state index contributed by atoms with van der Waals surface area (Å²) in [6.45, 7) is 7.93. The molecule has 40 heavy (non-hydrogen) atoms. The summed E-state index contributed by atoms with van der Waals surface area (Å²) in [6, 6.07) is 8.03. The van der Waals surface area contributed by atoms with Crippen molar-refractivity contribution in [1.29, 1.82) is 0 Å². The molecule has 12 heteroatoms. The van der Waals surface area contributed by atoms with Crippen molar-refractivity contribution in [1.82, 2.24) is 24.3 Å². The first-order valence-corrected chi connectivity index (χ1v) is 13.9. The van der Waals surface area contributed by atoms with Crippen molar-refractivity contribution in [2.45, 2.75) is 51.1 Å². The highest BCUT2D eigenvalue weighted by molar-refractivity contribution is 5.89. The molecule has 2 fully saturated rings. The van der Waals surface area contributed by atoms with Gasteiger partial charge in [-0.15, -0.1) is 12.4 Å². The second kappa shape index (κ2) is 12.3. The Kier molecular flexibility index (Phi) is 9.19. The molecular weight excluding hydrogens is 532 g/mol. The van der Waals surface area contributed by atoms with Crippen LogP contribution in [0.25, 0.3) is 5.69 Å². The number of halogens is 1. The van der Waals surface area contributed by atoms with Gasteiger partial charge in [0.1, 0.15) is 5.82 Å². The Labute approximate surface area is 241 Å². The van der Waals surface area contributed by atoms with Crippen LogP contribution in [0.2, 0.25) is 0 Å². The number of nitrogens with one attached hydrogen (secondary N) is 1. The number of piperazine rings is 1. The summed E-state index contributed by atoms with van der Waals surface area (Å²) in [4.78, 5) is 48.0. The van der Waals surface area contributed by atoms with Gasteiger partial charge in [0.05, 0.1) is 11.2 Å². The summed E-state index contributed by atoms with van der Waals surface area (Å²) < 4.78 is 1.51. The van der Waals surface area contributed by atoms with Crippen LogP contribution in [0.1, 0.15) is 37.8 Å². The van der Waals surface area contributed by atoms with Gasteiger partial charge >= 0.3 is 11.7 Å². The van der Waals surface area contributed by atoms with Crippen LogP contribution in [0.3, 0.4) is 0 Å². The zero-order valence-electron chi connectivity index (χ0n) is 23.3. The van der Waals surface area contributed by atoms with Crippen molar-refractivity contribution in [2.75, 3.05) is 51.1 Å². The van der Waals surface area contributed by atoms with Crippen LogP contribution in [0.15, 0.2) is 35.3 Å². The lowest BCUT2D eigenvalue weighted by Crippen LogP contribution is -2.58. The molecule has 1 aliphatic carbocycles. The zero-order chi connectivity index (χ0) is 27.7. The van der Waals surface area contributed by atoms with E-state index in [2.05, 4.69) is 27.3 Å². The number of aryl methyl sites for hydroxylation is 1. The molecule has 3 amide bonds. The van der Waals surface area contributed by atoms with Gasteiger partial charge in [-0.05, 0) is 87.9 Å². The highest BCUT2D eigenvalue weighted by Gasteiger charge is 2.32. The molecular formula is C28H41ClN8O3. The minimum absolute atomic E-state index is 0. The Morgan fingerprint density at radius 2 is 1.77 bits per heavy atom. The maximum absolute atomic E-state index is 12.9. The van der Waals surface area contributed by atoms with E-state index in [1.807, 2.05) is 6.07 Å². The van der Waals surface area contributed by atoms with Crippen LogP contribution in [0.5, 0.6) is 0 Å². The number of hydrogen-bond donors (Lipinski definition) is 3. The monoisotopic (exact) mass is 572 g/mol. The van der Waals surface area contributed by atoms with E-state index in [1.165, 1.54) is 22.1 Å². The molecule has 1 aromatic carbocycles. The molecule has 3 aliphatic rings. The van der Waals surface area contributed by atoms with Crippen LogP contribution in [-0.4, -0.2) is 93.6 Å². The van der Waals surface area contributed by atoms with Crippen LogP contribution in [0.4, 0.5) is 10.6 Å². The number of likely N-dealkylation sites (tertiary alicyclic amines) is 1. The van der Waals surface area contributed by atoms with E-state index in [0.717, 1.165) is 44.6 Å². The topological polar surface area (TPSA) is 143 Å². The summed E-state index contributed by atoms with van der Waals surface area (Å²) in [5, 5.41) is 2.72. The molecule has 218 valence electrons. The number of nitrogens with zero attached hydrogens (tertiary/aromatic N) is 5. The summed E-state index contributed by atoms with van der Waals surface area (Å²) in [7, 11) is 0. The van der Waals surface area contributed by atoms with Gasteiger partial charge in [-0.2, -0.15) is 4.98 Å². The number of carbonyl (C=O) groups is 2. The van der Waals surface area contributed by atoms with Gasteiger partial charge in [0.15, 0.2) is 0 Å². The lowest BCUT2D eigenvalue weighted by Gasteiger charge is -2.37. The van der Waals surface area contributed by atoms with E-state index >= 15 is 0 Å². The summed E-state index contributed by atoms with van der Waals surface area (Å²) in [5.41, 5.74) is 13.8. The molecule has 5 N–H and O–H groups in total. The molecule has 1 unspecified atom stereocenters. The van der Waals surface area contributed by atoms with Crippen LogP contribution in [-0.2, 0) is 17.6 Å². The number of benzene rings is 1. The van der Waals surface area contributed by atoms with Gasteiger partial charge in [0.25, 0.3) is 0 Å². The van der Waals surface area contributed by atoms with E-state index in [1.54, 1.807) is 35.9 Å². The van der Waals surface area contributed by atoms with Crippen LogP contribution in [0, 0.1) is 5.92 Å². The van der Waals surface area contributed by atoms with Crippen molar-refractivity contribution in [3.8, 4) is 5.69 Å². The minimum Gasteiger partial charge on any atom is -0.338 e.